The lowest BCUT2D eigenvalue weighted by atomic mass is 10.1. The lowest BCUT2D eigenvalue weighted by Crippen LogP contribution is -2.04. The Morgan fingerprint density at radius 3 is 2.76 bits per heavy atom. The normalized spacial score (nSPS) is 10.4. The van der Waals surface area contributed by atoms with Gasteiger partial charge in [-0.05, 0) is 37.1 Å². The van der Waals surface area contributed by atoms with E-state index in [1.807, 2.05) is 31.2 Å². The topological polar surface area (TPSA) is 69.4 Å². The lowest BCUT2D eigenvalue weighted by Gasteiger charge is -2.13. The van der Waals surface area contributed by atoms with Crippen molar-refractivity contribution in [1.29, 1.82) is 0 Å². The maximum atomic E-state index is 5.83. The molecule has 0 atom stereocenters. The zero-order valence-electron chi connectivity index (χ0n) is 12.4. The fourth-order valence-corrected chi connectivity index (χ4v) is 1.98. The maximum absolute atomic E-state index is 5.83. The number of rotatable bonds is 7. The molecule has 0 radical (unpaired) electrons. The Bertz CT molecular complexity index is 587. The van der Waals surface area contributed by atoms with Crippen molar-refractivity contribution in [2.45, 2.75) is 13.3 Å². The smallest absolute Gasteiger partial charge is 0.239 e. The maximum Gasteiger partial charge on any atom is 0.239 e. The Hall–Kier alpha value is -2.27. The molecule has 0 spiro atoms. The zero-order valence-corrected chi connectivity index (χ0v) is 12.4. The number of benzene rings is 1. The molecule has 5 nitrogen and oxygen atoms in total. The van der Waals surface area contributed by atoms with Crippen LogP contribution >= 0.6 is 0 Å². The molecule has 21 heavy (non-hydrogen) atoms. The molecule has 2 rings (SSSR count). The number of ether oxygens (including phenoxy) is 2. The second kappa shape index (κ2) is 7.50. The van der Waals surface area contributed by atoms with Gasteiger partial charge in [-0.15, -0.1) is 0 Å². The van der Waals surface area contributed by atoms with E-state index in [2.05, 4.69) is 16.4 Å². The van der Waals surface area contributed by atoms with E-state index in [0.29, 0.717) is 30.6 Å². The Labute approximate surface area is 125 Å². The molecule has 3 N–H and O–H groups in total. The van der Waals surface area contributed by atoms with Crippen LogP contribution in [0.1, 0.15) is 12.5 Å². The summed E-state index contributed by atoms with van der Waals surface area (Å²) < 4.78 is 10.6. The molecule has 0 unspecified atom stereocenters. The summed E-state index contributed by atoms with van der Waals surface area (Å²) in [6, 6.07) is 11.7. The number of nitrogens with two attached hydrogens (primary N) is 1. The van der Waals surface area contributed by atoms with E-state index in [1.165, 1.54) is 5.56 Å². The molecule has 2 aromatic rings. The van der Waals surface area contributed by atoms with Crippen LogP contribution in [0.2, 0.25) is 0 Å². The molecule has 1 heterocycles. The lowest BCUT2D eigenvalue weighted by molar-refractivity contribution is 0.202. The third kappa shape index (κ3) is 4.10. The second-order valence-electron chi connectivity index (χ2n) is 4.55. The largest absolute Gasteiger partial charge is 0.476 e. The minimum atomic E-state index is 0.455. The van der Waals surface area contributed by atoms with Crippen molar-refractivity contribution in [3.63, 3.8) is 0 Å². The molecule has 0 aliphatic carbocycles. The standard InChI is InChI=1S/C16H21N3O2/c1-3-21-16-13(17)8-9-15(19-16)18-14-7-5-4-6-12(14)10-11-20-2/h4-9H,3,10-11,17H2,1-2H3,(H,18,19). The van der Waals surface area contributed by atoms with Crippen LogP contribution in [-0.2, 0) is 11.2 Å². The summed E-state index contributed by atoms with van der Waals surface area (Å²) in [6.45, 7) is 3.12. The summed E-state index contributed by atoms with van der Waals surface area (Å²) >= 11 is 0. The molecular formula is C16H21N3O2. The summed E-state index contributed by atoms with van der Waals surface area (Å²) in [4.78, 5) is 4.39. The van der Waals surface area contributed by atoms with Crippen molar-refractivity contribution < 1.29 is 9.47 Å². The average molecular weight is 287 g/mol. The molecule has 112 valence electrons. The predicted molar refractivity (Wildman–Crippen MR) is 85.1 cm³/mol. The first-order valence-corrected chi connectivity index (χ1v) is 6.97. The van der Waals surface area contributed by atoms with Crippen LogP contribution in [-0.4, -0.2) is 25.3 Å². The van der Waals surface area contributed by atoms with Crippen molar-refractivity contribution in [2.24, 2.45) is 0 Å². The summed E-state index contributed by atoms with van der Waals surface area (Å²) in [6.07, 6.45) is 0.840. The van der Waals surface area contributed by atoms with Gasteiger partial charge in [0.25, 0.3) is 0 Å². The van der Waals surface area contributed by atoms with Crippen LogP contribution in [0.5, 0.6) is 5.88 Å². The number of nitrogens with one attached hydrogen (secondary N) is 1. The Morgan fingerprint density at radius 2 is 2.00 bits per heavy atom. The van der Waals surface area contributed by atoms with Gasteiger partial charge in [-0.2, -0.15) is 4.98 Å². The van der Waals surface area contributed by atoms with Gasteiger partial charge >= 0.3 is 0 Å². The summed E-state index contributed by atoms with van der Waals surface area (Å²) in [5.74, 6) is 1.16. The van der Waals surface area contributed by atoms with Crippen molar-refractivity contribution >= 4 is 17.2 Å². The molecule has 0 fully saturated rings. The fourth-order valence-electron chi connectivity index (χ4n) is 1.98. The van der Waals surface area contributed by atoms with E-state index in [9.17, 15) is 0 Å². The highest BCUT2D eigenvalue weighted by Crippen LogP contribution is 2.25. The third-order valence-corrected chi connectivity index (χ3v) is 3.03. The van der Waals surface area contributed by atoms with Crippen LogP contribution < -0.4 is 15.8 Å². The minimum absolute atomic E-state index is 0.455. The van der Waals surface area contributed by atoms with Gasteiger partial charge in [0.2, 0.25) is 5.88 Å². The van der Waals surface area contributed by atoms with Crippen LogP contribution in [0.25, 0.3) is 0 Å². The highest BCUT2D eigenvalue weighted by atomic mass is 16.5. The molecule has 1 aromatic carbocycles. The molecule has 0 bridgehead atoms. The first-order chi connectivity index (χ1) is 10.2. The number of aromatic nitrogens is 1. The van der Waals surface area contributed by atoms with Gasteiger partial charge in [0.15, 0.2) is 0 Å². The molecule has 0 saturated heterocycles. The monoisotopic (exact) mass is 287 g/mol. The second-order valence-corrected chi connectivity index (χ2v) is 4.55. The number of para-hydroxylation sites is 1. The first-order valence-electron chi connectivity index (χ1n) is 6.97. The van der Waals surface area contributed by atoms with Crippen molar-refractivity contribution in [2.75, 3.05) is 31.4 Å². The molecule has 1 aromatic heterocycles. The van der Waals surface area contributed by atoms with Gasteiger partial charge in [-0.25, -0.2) is 0 Å². The van der Waals surface area contributed by atoms with E-state index in [1.54, 1.807) is 13.2 Å². The van der Waals surface area contributed by atoms with E-state index in [4.69, 9.17) is 15.2 Å². The van der Waals surface area contributed by atoms with Gasteiger partial charge in [-0.3, -0.25) is 0 Å². The van der Waals surface area contributed by atoms with Crippen LogP contribution in [0, 0.1) is 0 Å². The third-order valence-electron chi connectivity index (χ3n) is 3.03. The zero-order chi connectivity index (χ0) is 15.1. The van der Waals surface area contributed by atoms with E-state index in [-0.39, 0.29) is 0 Å². The quantitative estimate of drug-likeness (QED) is 0.819. The average Bonchev–Trinajstić information content (AvgIpc) is 2.50. The van der Waals surface area contributed by atoms with Crippen LogP contribution in [0.15, 0.2) is 36.4 Å². The van der Waals surface area contributed by atoms with Crippen molar-refractivity contribution in [3.05, 3.63) is 42.0 Å². The first kappa shape index (κ1) is 15.1. The minimum Gasteiger partial charge on any atom is -0.476 e. The Kier molecular flexibility index (Phi) is 5.40. The number of hydrogen-bond donors (Lipinski definition) is 2. The SMILES string of the molecule is CCOc1nc(Nc2ccccc2CCOC)ccc1N. The molecule has 0 amide bonds. The number of nitrogens with zero attached hydrogens (tertiary/aromatic N) is 1. The molecule has 0 saturated carbocycles. The molecular weight excluding hydrogens is 266 g/mol. The highest BCUT2D eigenvalue weighted by molar-refractivity contribution is 5.63. The highest BCUT2D eigenvalue weighted by Gasteiger charge is 2.06. The van der Waals surface area contributed by atoms with Gasteiger partial charge < -0.3 is 20.5 Å². The van der Waals surface area contributed by atoms with Gasteiger partial charge in [0.1, 0.15) is 5.82 Å². The number of anilines is 3. The Morgan fingerprint density at radius 1 is 1.19 bits per heavy atom. The van der Waals surface area contributed by atoms with Crippen molar-refractivity contribution in [1.82, 2.24) is 4.98 Å². The van der Waals surface area contributed by atoms with Crippen LogP contribution in [0.3, 0.4) is 0 Å². The number of methoxy groups -OCH3 is 1. The van der Waals surface area contributed by atoms with Crippen molar-refractivity contribution in [3.8, 4) is 5.88 Å². The number of hydrogen-bond acceptors (Lipinski definition) is 5. The van der Waals surface area contributed by atoms with Gasteiger partial charge in [0, 0.05) is 12.8 Å². The predicted octanol–water partition coefficient (Wildman–Crippen LogP) is 3.00. The number of nitrogen functional groups attached to an aromatic ring is 1. The van der Waals surface area contributed by atoms with Crippen LogP contribution in [0.4, 0.5) is 17.2 Å². The summed E-state index contributed by atoms with van der Waals surface area (Å²) in [5, 5.41) is 3.31. The summed E-state index contributed by atoms with van der Waals surface area (Å²) in [5.41, 5.74) is 8.56. The van der Waals surface area contributed by atoms with E-state index >= 15 is 0 Å². The molecule has 0 aliphatic heterocycles. The fraction of sp³-hybridized carbons (Fsp3) is 0.312. The molecule has 5 heteroatoms. The summed E-state index contributed by atoms with van der Waals surface area (Å²) in [7, 11) is 1.70. The van der Waals surface area contributed by atoms with E-state index < -0.39 is 0 Å². The van der Waals surface area contributed by atoms with E-state index in [0.717, 1.165) is 12.1 Å². The molecule has 0 aliphatic rings. The number of pyridine rings is 1. The Balaban J connectivity index is 2.19. The van der Waals surface area contributed by atoms with Gasteiger partial charge in [-0.1, -0.05) is 18.2 Å². The van der Waals surface area contributed by atoms with Gasteiger partial charge in [0.05, 0.1) is 18.9 Å².